The normalized spacial score (nSPS) is 11.3. The summed E-state index contributed by atoms with van der Waals surface area (Å²) in [5.41, 5.74) is 6.22. The van der Waals surface area contributed by atoms with Crippen LogP contribution in [-0.2, 0) is 6.42 Å². The molecule has 0 aliphatic carbocycles. The maximum absolute atomic E-state index is 5.96. The molecule has 0 radical (unpaired) electrons. The Bertz CT molecular complexity index is 1060. The van der Waals surface area contributed by atoms with E-state index in [4.69, 9.17) is 4.74 Å². The van der Waals surface area contributed by atoms with E-state index in [0.717, 1.165) is 31.8 Å². The van der Waals surface area contributed by atoms with Crippen LogP contribution in [0.1, 0.15) is 25.0 Å². The third-order valence-electron chi connectivity index (χ3n) is 5.75. The molecule has 3 aromatic carbocycles. The Labute approximate surface area is 179 Å². The maximum Gasteiger partial charge on any atom is 0.119 e. The van der Waals surface area contributed by atoms with Crippen LogP contribution in [0.4, 0.5) is 0 Å². The summed E-state index contributed by atoms with van der Waals surface area (Å²) in [7, 11) is 0. The Morgan fingerprint density at radius 3 is 2.23 bits per heavy atom. The summed E-state index contributed by atoms with van der Waals surface area (Å²) in [4.78, 5) is 6.02. The minimum atomic E-state index is 0.715. The third-order valence-corrected chi connectivity index (χ3v) is 5.75. The Morgan fingerprint density at radius 2 is 1.50 bits per heavy atom. The van der Waals surface area contributed by atoms with E-state index < -0.39 is 0 Å². The highest BCUT2D eigenvalue weighted by Crippen LogP contribution is 2.33. The van der Waals surface area contributed by atoms with Crippen molar-refractivity contribution in [3.8, 4) is 17.0 Å². The summed E-state index contributed by atoms with van der Waals surface area (Å²) >= 11 is 0. The van der Waals surface area contributed by atoms with Gasteiger partial charge in [0.05, 0.1) is 5.69 Å². The Morgan fingerprint density at radius 1 is 0.800 bits per heavy atom. The third kappa shape index (κ3) is 4.58. The lowest BCUT2D eigenvalue weighted by molar-refractivity contribution is 0.223. The molecule has 4 aromatic rings. The Hall–Kier alpha value is -3.04. The summed E-state index contributed by atoms with van der Waals surface area (Å²) < 4.78 is 5.96. The summed E-state index contributed by atoms with van der Waals surface area (Å²) in [5, 5.41) is 1.29. The molecule has 0 aliphatic heterocycles. The van der Waals surface area contributed by atoms with Crippen LogP contribution in [0.3, 0.4) is 0 Å². The number of aromatic amines is 1. The van der Waals surface area contributed by atoms with Gasteiger partial charge >= 0.3 is 0 Å². The lowest BCUT2D eigenvalue weighted by Crippen LogP contribution is -2.27. The van der Waals surface area contributed by atoms with Gasteiger partial charge in [-0.15, -0.1) is 0 Å². The fraction of sp³-hybridized carbons (Fsp3) is 0.259. The molecular weight excluding hydrogens is 368 g/mol. The summed E-state index contributed by atoms with van der Waals surface area (Å²) in [6, 6.07) is 27.7. The minimum absolute atomic E-state index is 0.715. The molecule has 1 N–H and O–H groups in total. The van der Waals surface area contributed by atoms with Crippen LogP contribution < -0.4 is 4.74 Å². The smallest absolute Gasteiger partial charge is 0.119 e. The zero-order valence-electron chi connectivity index (χ0n) is 17.9. The van der Waals surface area contributed by atoms with Crippen molar-refractivity contribution in [2.24, 2.45) is 0 Å². The fourth-order valence-electron chi connectivity index (χ4n) is 3.98. The van der Waals surface area contributed by atoms with Crippen molar-refractivity contribution in [2.45, 2.75) is 20.3 Å². The van der Waals surface area contributed by atoms with Crippen molar-refractivity contribution in [1.29, 1.82) is 0 Å². The number of hydrogen-bond acceptors (Lipinski definition) is 2. The second kappa shape index (κ2) is 9.64. The standard InChI is InChI=1S/C27H30N2O/c1-3-29(4-2)18-19-30-23-16-14-22(15-17-23)27-25(20-21-10-6-5-7-11-21)24-12-8-9-13-26(24)28-27/h5-17,28H,3-4,18-20H2,1-2H3. The lowest BCUT2D eigenvalue weighted by atomic mass is 9.98. The molecule has 3 heteroatoms. The van der Waals surface area contributed by atoms with Crippen LogP contribution in [0.5, 0.6) is 5.75 Å². The van der Waals surface area contributed by atoms with E-state index in [2.05, 4.69) is 103 Å². The number of nitrogens with one attached hydrogen (secondary N) is 1. The molecule has 0 unspecified atom stereocenters. The average Bonchev–Trinajstić information content (AvgIpc) is 3.16. The molecule has 154 valence electrons. The number of benzene rings is 3. The van der Waals surface area contributed by atoms with E-state index in [1.165, 1.54) is 33.3 Å². The number of H-pyrrole nitrogens is 1. The van der Waals surface area contributed by atoms with Crippen LogP contribution in [0.25, 0.3) is 22.2 Å². The molecule has 0 saturated carbocycles. The van der Waals surface area contributed by atoms with Gasteiger partial charge < -0.3 is 14.6 Å². The zero-order chi connectivity index (χ0) is 20.8. The molecule has 1 aromatic heterocycles. The largest absolute Gasteiger partial charge is 0.492 e. The molecule has 1 heterocycles. The Balaban J connectivity index is 1.57. The highest BCUT2D eigenvalue weighted by molar-refractivity contribution is 5.91. The summed E-state index contributed by atoms with van der Waals surface area (Å²) in [6.45, 7) is 8.16. The number of rotatable bonds is 9. The average molecular weight is 399 g/mol. The molecule has 4 rings (SSSR count). The molecular formula is C27H30N2O. The topological polar surface area (TPSA) is 28.3 Å². The van der Waals surface area contributed by atoms with Crippen molar-refractivity contribution >= 4 is 10.9 Å². The van der Waals surface area contributed by atoms with Gasteiger partial charge in [-0.25, -0.2) is 0 Å². The number of ether oxygens (including phenoxy) is 1. The minimum Gasteiger partial charge on any atom is -0.492 e. The number of para-hydroxylation sites is 1. The van der Waals surface area contributed by atoms with Crippen molar-refractivity contribution in [1.82, 2.24) is 9.88 Å². The highest BCUT2D eigenvalue weighted by Gasteiger charge is 2.13. The van der Waals surface area contributed by atoms with Crippen molar-refractivity contribution in [2.75, 3.05) is 26.2 Å². The molecule has 30 heavy (non-hydrogen) atoms. The van der Waals surface area contributed by atoms with Gasteiger partial charge in [0, 0.05) is 23.9 Å². The van der Waals surface area contributed by atoms with E-state index in [0.29, 0.717) is 6.61 Å². The first-order valence-corrected chi connectivity index (χ1v) is 10.9. The van der Waals surface area contributed by atoms with Gasteiger partial charge in [0.2, 0.25) is 0 Å². The quantitative estimate of drug-likeness (QED) is 0.366. The van der Waals surface area contributed by atoms with Crippen LogP contribution in [0.2, 0.25) is 0 Å². The molecule has 0 spiro atoms. The molecule has 0 aliphatic rings. The summed E-state index contributed by atoms with van der Waals surface area (Å²) in [5.74, 6) is 0.923. The second-order valence-corrected chi connectivity index (χ2v) is 7.59. The number of nitrogens with zero attached hydrogens (tertiary/aromatic N) is 1. The molecule has 0 amide bonds. The van der Waals surface area contributed by atoms with Gasteiger partial charge in [-0.1, -0.05) is 62.4 Å². The fourth-order valence-corrected chi connectivity index (χ4v) is 3.98. The number of likely N-dealkylation sites (N-methyl/N-ethyl adjacent to an activating group) is 1. The molecule has 0 atom stereocenters. The number of hydrogen-bond donors (Lipinski definition) is 1. The van der Waals surface area contributed by atoms with E-state index in [9.17, 15) is 0 Å². The van der Waals surface area contributed by atoms with Crippen molar-refractivity contribution in [3.05, 3.63) is 90.0 Å². The first kappa shape index (κ1) is 20.2. The maximum atomic E-state index is 5.96. The van der Waals surface area contributed by atoms with Crippen LogP contribution >= 0.6 is 0 Å². The number of aromatic nitrogens is 1. The van der Waals surface area contributed by atoms with Crippen molar-refractivity contribution in [3.63, 3.8) is 0 Å². The van der Waals surface area contributed by atoms with Gasteiger partial charge in [0.1, 0.15) is 12.4 Å². The SMILES string of the molecule is CCN(CC)CCOc1ccc(-c2[nH]c3ccccc3c2Cc2ccccc2)cc1. The molecule has 0 fully saturated rings. The summed E-state index contributed by atoms with van der Waals surface area (Å²) in [6.07, 6.45) is 0.905. The van der Waals surface area contributed by atoms with Gasteiger partial charge in [-0.2, -0.15) is 0 Å². The monoisotopic (exact) mass is 398 g/mol. The van der Waals surface area contributed by atoms with Gasteiger partial charge in [-0.3, -0.25) is 0 Å². The zero-order valence-corrected chi connectivity index (χ0v) is 17.9. The van der Waals surface area contributed by atoms with Crippen LogP contribution in [0, 0.1) is 0 Å². The first-order chi connectivity index (χ1) is 14.8. The van der Waals surface area contributed by atoms with Gasteiger partial charge in [0.25, 0.3) is 0 Å². The highest BCUT2D eigenvalue weighted by atomic mass is 16.5. The van der Waals surface area contributed by atoms with E-state index >= 15 is 0 Å². The van der Waals surface area contributed by atoms with Crippen LogP contribution in [0.15, 0.2) is 78.9 Å². The lowest BCUT2D eigenvalue weighted by Gasteiger charge is -2.18. The van der Waals surface area contributed by atoms with Gasteiger partial charge in [0.15, 0.2) is 0 Å². The Kier molecular flexibility index (Phi) is 6.50. The first-order valence-electron chi connectivity index (χ1n) is 10.9. The number of fused-ring (bicyclic) bond motifs is 1. The van der Waals surface area contributed by atoms with Gasteiger partial charge in [-0.05, 0) is 60.1 Å². The molecule has 3 nitrogen and oxygen atoms in total. The van der Waals surface area contributed by atoms with E-state index in [1.807, 2.05) is 0 Å². The molecule has 0 bridgehead atoms. The predicted octanol–water partition coefficient (Wildman–Crippen LogP) is 6.15. The van der Waals surface area contributed by atoms with Crippen LogP contribution in [-0.4, -0.2) is 36.1 Å². The van der Waals surface area contributed by atoms with Crippen molar-refractivity contribution < 1.29 is 4.74 Å². The molecule has 0 saturated heterocycles. The van der Waals surface area contributed by atoms with E-state index in [-0.39, 0.29) is 0 Å². The predicted molar refractivity (Wildman–Crippen MR) is 126 cm³/mol. The second-order valence-electron chi connectivity index (χ2n) is 7.59. The van der Waals surface area contributed by atoms with E-state index in [1.54, 1.807) is 0 Å².